The van der Waals surface area contributed by atoms with Gasteiger partial charge < -0.3 is 9.64 Å². The van der Waals surface area contributed by atoms with E-state index in [0.717, 1.165) is 6.26 Å². The van der Waals surface area contributed by atoms with E-state index in [1.807, 2.05) is 12.1 Å². The Bertz CT molecular complexity index is 647. The molecule has 5 nitrogen and oxygen atoms in total. The van der Waals surface area contributed by atoms with Crippen LogP contribution in [0.15, 0.2) is 24.3 Å². The Labute approximate surface area is 136 Å². The number of amides is 1. The number of sulfone groups is 1. The molecule has 1 aromatic rings. The molecule has 1 aliphatic heterocycles. The molecule has 1 amide bonds. The normalized spacial score (nSPS) is 20.0. The summed E-state index contributed by atoms with van der Waals surface area (Å²) in [7, 11) is -3.16. The zero-order valence-corrected chi connectivity index (χ0v) is 14.2. The van der Waals surface area contributed by atoms with Crippen LogP contribution in [0, 0.1) is 5.92 Å². The van der Waals surface area contributed by atoms with Crippen molar-refractivity contribution in [3.63, 3.8) is 0 Å². The SMILES string of the molecule is C[C@@H](CS(C)(=O)=O)C(=O)N1CC[C@H](Oc2ccccc2Cl)C1. The summed E-state index contributed by atoms with van der Waals surface area (Å²) < 4.78 is 28.4. The maximum atomic E-state index is 12.3. The van der Waals surface area contributed by atoms with E-state index >= 15 is 0 Å². The summed E-state index contributed by atoms with van der Waals surface area (Å²) >= 11 is 6.05. The first-order valence-corrected chi connectivity index (χ1v) is 9.58. The highest BCUT2D eigenvalue weighted by Gasteiger charge is 2.31. The van der Waals surface area contributed by atoms with E-state index < -0.39 is 15.8 Å². The number of nitrogens with zero attached hydrogens (tertiary/aromatic N) is 1. The number of para-hydroxylation sites is 1. The highest BCUT2D eigenvalue weighted by atomic mass is 35.5. The number of rotatable bonds is 5. The predicted octanol–water partition coefficient (Wildman–Crippen LogP) is 2.00. The Hall–Kier alpha value is -1.27. The van der Waals surface area contributed by atoms with Crippen LogP contribution < -0.4 is 4.74 Å². The van der Waals surface area contributed by atoms with Crippen LogP contribution in [0.2, 0.25) is 5.02 Å². The molecule has 0 aromatic heterocycles. The molecular weight excluding hydrogens is 326 g/mol. The van der Waals surface area contributed by atoms with Crippen molar-refractivity contribution in [1.82, 2.24) is 4.90 Å². The van der Waals surface area contributed by atoms with Gasteiger partial charge in [-0.15, -0.1) is 0 Å². The van der Waals surface area contributed by atoms with Crippen molar-refractivity contribution in [3.05, 3.63) is 29.3 Å². The maximum absolute atomic E-state index is 12.3. The Balaban J connectivity index is 1.92. The molecule has 0 unspecified atom stereocenters. The van der Waals surface area contributed by atoms with Crippen molar-refractivity contribution >= 4 is 27.3 Å². The number of ether oxygens (including phenoxy) is 1. The minimum atomic E-state index is -3.16. The summed E-state index contributed by atoms with van der Waals surface area (Å²) in [6, 6.07) is 7.21. The molecule has 0 N–H and O–H groups in total. The number of hydrogen-bond acceptors (Lipinski definition) is 4. The van der Waals surface area contributed by atoms with Crippen LogP contribution in [0.3, 0.4) is 0 Å². The molecule has 0 aliphatic carbocycles. The average Bonchev–Trinajstić information content (AvgIpc) is 2.87. The quantitative estimate of drug-likeness (QED) is 0.818. The summed E-state index contributed by atoms with van der Waals surface area (Å²) in [6.07, 6.45) is 1.74. The van der Waals surface area contributed by atoms with Crippen LogP contribution in [0.5, 0.6) is 5.75 Å². The lowest BCUT2D eigenvalue weighted by atomic mass is 10.2. The molecule has 1 saturated heterocycles. The molecule has 0 spiro atoms. The van der Waals surface area contributed by atoms with E-state index in [9.17, 15) is 13.2 Å². The van der Waals surface area contributed by atoms with Crippen LogP contribution in [-0.2, 0) is 14.6 Å². The molecule has 0 radical (unpaired) electrons. The second-order valence-electron chi connectivity index (χ2n) is 5.74. The zero-order valence-electron chi connectivity index (χ0n) is 12.7. The number of benzene rings is 1. The first kappa shape index (κ1) is 17.1. The van der Waals surface area contributed by atoms with Gasteiger partial charge in [0.2, 0.25) is 5.91 Å². The van der Waals surface area contributed by atoms with Crippen molar-refractivity contribution < 1.29 is 17.9 Å². The molecule has 2 atom stereocenters. The second kappa shape index (κ2) is 6.87. The van der Waals surface area contributed by atoms with Gasteiger partial charge in [-0.05, 0) is 12.1 Å². The van der Waals surface area contributed by atoms with E-state index in [2.05, 4.69) is 0 Å². The third-order valence-electron chi connectivity index (χ3n) is 3.56. The fraction of sp³-hybridized carbons (Fsp3) is 0.533. The molecular formula is C15H20ClNO4S. The van der Waals surface area contributed by atoms with E-state index in [4.69, 9.17) is 16.3 Å². The predicted molar refractivity (Wildman–Crippen MR) is 85.9 cm³/mol. The molecule has 1 heterocycles. The zero-order chi connectivity index (χ0) is 16.3. The first-order chi connectivity index (χ1) is 10.3. The van der Waals surface area contributed by atoms with Gasteiger partial charge in [-0.3, -0.25) is 4.79 Å². The van der Waals surface area contributed by atoms with Gasteiger partial charge in [-0.1, -0.05) is 30.7 Å². The first-order valence-electron chi connectivity index (χ1n) is 7.14. The summed E-state index contributed by atoms with van der Waals surface area (Å²) in [5, 5.41) is 0.540. The molecule has 0 saturated carbocycles. The van der Waals surface area contributed by atoms with Crippen LogP contribution >= 0.6 is 11.6 Å². The third-order valence-corrected chi connectivity index (χ3v) is 4.98. The monoisotopic (exact) mass is 345 g/mol. The van der Waals surface area contributed by atoms with Gasteiger partial charge in [0.15, 0.2) is 0 Å². The highest BCUT2D eigenvalue weighted by Crippen LogP contribution is 2.26. The fourth-order valence-corrected chi connectivity index (χ4v) is 3.81. The van der Waals surface area contributed by atoms with Crippen LogP contribution in [-0.4, -0.2) is 50.4 Å². The van der Waals surface area contributed by atoms with E-state index in [1.165, 1.54) is 0 Å². The van der Waals surface area contributed by atoms with Gasteiger partial charge in [0, 0.05) is 25.1 Å². The maximum Gasteiger partial charge on any atom is 0.226 e. The molecule has 22 heavy (non-hydrogen) atoms. The van der Waals surface area contributed by atoms with Crippen LogP contribution in [0.1, 0.15) is 13.3 Å². The minimum Gasteiger partial charge on any atom is -0.487 e. The van der Waals surface area contributed by atoms with Gasteiger partial charge in [0.05, 0.1) is 17.3 Å². The Morgan fingerprint density at radius 1 is 1.45 bits per heavy atom. The smallest absolute Gasteiger partial charge is 0.226 e. The van der Waals surface area contributed by atoms with Gasteiger partial charge in [-0.2, -0.15) is 0 Å². The van der Waals surface area contributed by atoms with E-state index in [1.54, 1.807) is 24.0 Å². The van der Waals surface area contributed by atoms with Gasteiger partial charge in [0.1, 0.15) is 21.7 Å². The van der Waals surface area contributed by atoms with E-state index in [0.29, 0.717) is 30.3 Å². The Kier molecular flexibility index (Phi) is 5.34. The van der Waals surface area contributed by atoms with Crippen molar-refractivity contribution in [3.8, 4) is 5.75 Å². The number of carbonyl (C=O) groups excluding carboxylic acids is 1. The van der Waals surface area contributed by atoms with Crippen LogP contribution in [0.25, 0.3) is 0 Å². The van der Waals surface area contributed by atoms with Gasteiger partial charge in [-0.25, -0.2) is 8.42 Å². The fourth-order valence-electron chi connectivity index (χ4n) is 2.58. The van der Waals surface area contributed by atoms with Crippen LogP contribution in [0.4, 0.5) is 0 Å². The summed E-state index contributed by atoms with van der Waals surface area (Å²) in [6.45, 7) is 2.67. The largest absolute Gasteiger partial charge is 0.487 e. The molecule has 122 valence electrons. The number of hydrogen-bond donors (Lipinski definition) is 0. The van der Waals surface area contributed by atoms with Gasteiger partial charge >= 0.3 is 0 Å². The summed E-state index contributed by atoms with van der Waals surface area (Å²) in [5.74, 6) is -0.198. The second-order valence-corrected chi connectivity index (χ2v) is 8.33. The molecule has 1 aliphatic rings. The standard InChI is InChI=1S/C15H20ClNO4S/c1-11(10-22(2,19)20)15(18)17-8-7-12(9-17)21-14-6-4-3-5-13(14)16/h3-6,11-12H,7-10H2,1-2H3/t11-,12-/m0/s1. The van der Waals surface area contributed by atoms with Gasteiger partial charge in [0.25, 0.3) is 0 Å². The van der Waals surface area contributed by atoms with Crippen molar-refractivity contribution in [2.24, 2.45) is 5.92 Å². The van der Waals surface area contributed by atoms with Crippen molar-refractivity contribution in [1.29, 1.82) is 0 Å². The number of carbonyl (C=O) groups is 1. The molecule has 2 rings (SSSR count). The Morgan fingerprint density at radius 3 is 2.77 bits per heavy atom. The van der Waals surface area contributed by atoms with E-state index in [-0.39, 0.29) is 17.8 Å². The molecule has 1 fully saturated rings. The molecule has 0 bridgehead atoms. The lowest BCUT2D eigenvalue weighted by Crippen LogP contribution is -2.37. The third kappa shape index (κ3) is 4.61. The lowest BCUT2D eigenvalue weighted by Gasteiger charge is -2.21. The average molecular weight is 346 g/mol. The number of halogens is 1. The minimum absolute atomic E-state index is 0.116. The highest BCUT2D eigenvalue weighted by molar-refractivity contribution is 7.90. The number of likely N-dealkylation sites (tertiary alicyclic amines) is 1. The van der Waals surface area contributed by atoms with Crippen molar-refractivity contribution in [2.45, 2.75) is 19.4 Å². The lowest BCUT2D eigenvalue weighted by molar-refractivity contribution is -0.133. The Morgan fingerprint density at radius 2 is 2.14 bits per heavy atom. The molecule has 1 aromatic carbocycles. The van der Waals surface area contributed by atoms with Crippen molar-refractivity contribution in [2.75, 3.05) is 25.1 Å². The summed E-state index contributed by atoms with van der Waals surface area (Å²) in [4.78, 5) is 13.9. The summed E-state index contributed by atoms with van der Waals surface area (Å²) in [5.41, 5.74) is 0. The topological polar surface area (TPSA) is 63.7 Å². The molecule has 7 heteroatoms.